The Morgan fingerprint density at radius 2 is 2.08 bits per heavy atom. The van der Waals surface area contributed by atoms with E-state index in [1.54, 1.807) is 13.3 Å². The second-order valence-electron chi connectivity index (χ2n) is 6.71. The number of ether oxygens (including phenoxy) is 1. The fourth-order valence-electron chi connectivity index (χ4n) is 2.77. The number of aromatic nitrogens is 2. The maximum atomic E-state index is 5.26. The molecule has 1 N–H and O–H groups in total. The van der Waals surface area contributed by atoms with Gasteiger partial charge in [0.25, 0.3) is 0 Å². The smallest absolute Gasteiger partial charge is 0.232 e. The lowest BCUT2D eigenvalue weighted by Crippen LogP contribution is -2.53. The van der Waals surface area contributed by atoms with Gasteiger partial charge in [-0.2, -0.15) is 4.98 Å². The highest BCUT2D eigenvalue weighted by Crippen LogP contribution is 2.44. The van der Waals surface area contributed by atoms with Gasteiger partial charge in [-0.15, -0.1) is 0 Å². The van der Waals surface area contributed by atoms with Crippen LogP contribution >= 0.6 is 15.9 Å². The van der Waals surface area contributed by atoms with Gasteiger partial charge >= 0.3 is 0 Å². The molecule has 0 radical (unpaired) electrons. The van der Waals surface area contributed by atoms with E-state index in [2.05, 4.69) is 52.9 Å². The topological polar surface area (TPSA) is 65.9 Å². The third kappa shape index (κ3) is 3.91. The molecule has 2 aliphatic rings. The molecule has 1 saturated heterocycles. The molecule has 0 amide bonds. The first-order valence-electron chi connectivity index (χ1n) is 8.32. The first-order chi connectivity index (χ1) is 11.5. The Hall–Kier alpha value is -1.57. The molecule has 0 spiro atoms. The summed E-state index contributed by atoms with van der Waals surface area (Å²) in [5, 5.41) is 3.52. The van der Waals surface area contributed by atoms with Crippen LogP contribution in [0.25, 0.3) is 0 Å². The number of nitrogens with one attached hydrogen (secondary N) is 1. The average molecular weight is 397 g/mol. The molecule has 8 heteroatoms. The Kier molecular flexibility index (Phi) is 5.12. The summed E-state index contributed by atoms with van der Waals surface area (Å²) >= 11 is 3.39. The van der Waals surface area contributed by atoms with E-state index in [1.807, 2.05) is 7.05 Å². The highest BCUT2D eigenvalue weighted by atomic mass is 79.9. The predicted molar refractivity (Wildman–Crippen MR) is 98.8 cm³/mol. The maximum absolute atomic E-state index is 5.26. The number of rotatable bonds is 4. The van der Waals surface area contributed by atoms with Gasteiger partial charge in [-0.3, -0.25) is 4.99 Å². The molecule has 3 rings (SSSR count). The molecule has 1 aromatic rings. The van der Waals surface area contributed by atoms with Crippen LogP contribution in [0.1, 0.15) is 19.8 Å². The quantitative estimate of drug-likeness (QED) is 0.617. The van der Waals surface area contributed by atoms with Crippen molar-refractivity contribution in [3.63, 3.8) is 0 Å². The van der Waals surface area contributed by atoms with E-state index in [1.165, 1.54) is 12.8 Å². The summed E-state index contributed by atoms with van der Waals surface area (Å²) in [6.45, 7) is 6.86. The van der Waals surface area contributed by atoms with E-state index in [0.717, 1.165) is 43.2 Å². The third-order valence-corrected chi connectivity index (χ3v) is 5.29. The number of halogens is 1. The predicted octanol–water partition coefficient (Wildman–Crippen LogP) is 1.75. The molecular formula is C16H25BrN6O. The van der Waals surface area contributed by atoms with Gasteiger partial charge in [-0.1, -0.05) is 6.92 Å². The number of nitrogens with zero attached hydrogens (tertiary/aromatic N) is 5. The van der Waals surface area contributed by atoms with Gasteiger partial charge in [0, 0.05) is 39.8 Å². The summed E-state index contributed by atoms with van der Waals surface area (Å²) in [6, 6.07) is 0. The minimum absolute atomic E-state index is 0.472. The van der Waals surface area contributed by atoms with E-state index in [9.17, 15) is 0 Å². The van der Waals surface area contributed by atoms with Crippen molar-refractivity contribution in [2.75, 3.05) is 51.8 Å². The Bertz CT molecular complexity index is 611. The molecule has 1 aromatic heterocycles. The summed E-state index contributed by atoms with van der Waals surface area (Å²) in [5.74, 6) is 2.28. The van der Waals surface area contributed by atoms with Crippen LogP contribution in [0.4, 0.5) is 5.95 Å². The lowest BCUT2D eigenvalue weighted by atomic mass is 10.1. The van der Waals surface area contributed by atoms with Crippen molar-refractivity contribution in [2.45, 2.75) is 19.8 Å². The molecule has 0 unspecified atom stereocenters. The molecule has 1 aliphatic carbocycles. The number of piperazine rings is 1. The normalized spacial score (nSPS) is 20.1. The van der Waals surface area contributed by atoms with Gasteiger partial charge in [0.2, 0.25) is 11.8 Å². The van der Waals surface area contributed by atoms with Crippen molar-refractivity contribution in [1.82, 2.24) is 20.2 Å². The summed E-state index contributed by atoms with van der Waals surface area (Å²) in [4.78, 5) is 17.8. The van der Waals surface area contributed by atoms with Gasteiger partial charge in [-0.25, -0.2) is 4.98 Å². The number of hydrogen-bond donors (Lipinski definition) is 1. The molecule has 0 atom stereocenters. The minimum Gasteiger partial charge on any atom is -0.480 e. The standard InChI is InChI=1S/C16H25BrN6O/c1-16(4-5-16)11-20-14(18-2)22-6-8-23(9-7-22)15-19-10-12(17)13(21-15)24-3/h10H,4-9,11H2,1-3H3,(H,18,20). The van der Waals surface area contributed by atoms with E-state index in [-0.39, 0.29) is 0 Å². The Morgan fingerprint density at radius 3 is 2.67 bits per heavy atom. The van der Waals surface area contributed by atoms with Crippen molar-refractivity contribution >= 4 is 27.8 Å². The van der Waals surface area contributed by atoms with Gasteiger partial charge in [0.15, 0.2) is 5.96 Å². The van der Waals surface area contributed by atoms with Gasteiger partial charge in [0.1, 0.15) is 0 Å². The second-order valence-corrected chi connectivity index (χ2v) is 7.57. The molecule has 2 heterocycles. The molecule has 7 nitrogen and oxygen atoms in total. The monoisotopic (exact) mass is 396 g/mol. The highest BCUT2D eigenvalue weighted by Gasteiger charge is 2.37. The van der Waals surface area contributed by atoms with E-state index >= 15 is 0 Å². The van der Waals surface area contributed by atoms with Crippen LogP contribution in [0.2, 0.25) is 0 Å². The first kappa shape index (κ1) is 17.3. The van der Waals surface area contributed by atoms with Gasteiger partial charge in [-0.05, 0) is 34.2 Å². The first-order valence-corrected chi connectivity index (χ1v) is 9.11. The van der Waals surface area contributed by atoms with Crippen molar-refractivity contribution in [1.29, 1.82) is 0 Å². The largest absolute Gasteiger partial charge is 0.480 e. The molecule has 2 fully saturated rings. The number of hydrogen-bond acceptors (Lipinski definition) is 5. The molecule has 24 heavy (non-hydrogen) atoms. The average Bonchev–Trinajstić information content (AvgIpc) is 3.34. The van der Waals surface area contributed by atoms with Crippen LogP contribution in [0.3, 0.4) is 0 Å². The van der Waals surface area contributed by atoms with Crippen molar-refractivity contribution < 1.29 is 4.74 Å². The molecule has 0 bridgehead atoms. The van der Waals surface area contributed by atoms with E-state index < -0.39 is 0 Å². The molecule has 1 aliphatic heterocycles. The Morgan fingerprint density at radius 1 is 1.38 bits per heavy atom. The van der Waals surface area contributed by atoms with E-state index in [4.69, 9.17) is 4.74 Å². The second kappa shape index (κ2) is 7.13. The molecule has 1 saturated carbocycles. The van der Waals surface area contributed by atoms with Crippen molar-refractivity contribution in [2.24, 2.45) is 10.4 Å². The lowest BCUT2D eigenvalue weighted by Gasteiger charge is -2.36. The zero-order chi connectivity index (χ0) is 17.2. The number of methoxy groups -OCH3 is 1. The zero-order valence-corrected chi connectivity index (χ0v) is 16.1. The summed E-state index contributed by atoms with van der Waals surface area (Å²) in [7, 11) is 3.47. The number of aliphatic imine (C=N–C) groups is 1. The fraction of sp³-hybridized carbons (Fsp3) is 0.688. The summed E-state index contributed by atoms with van der Waals surface area (Å²) in [5.41, 5.74) is 0.472. The SMILES string of the molecule is CN=C(NCC1(C)CC1)N1CCN(c2ncc(Br)c(OC)n2)CC1. The lowest BCUT2D eigenvalue weighted by molar-refractivity contribution is 0.362. The van der Waals surface area contributed by atoms with Crippen LogP contribution < -0.4 is 15.0 Å². The fourth-order valence-corrected chi connectivity index (χ4v) is 3.12. The van der Waals surface area contributed by atoms with Crippen LogP contribution in [0, 0.1) is 5.41 Å². The highest BCUT2D eigenvalue weighted by molar-refractivity contribution is 9.10. The molecular weight excluding hydrogens is 372 g/mol. The van der Waals surface area contributed by atoms with Gasteiger partial charge in [0.05, 0.1) is 17.8 Å². The maximum Gasteiger partial charge on any atom is 0.232 e. The van der Waals surface area contributed by atoms with Crippen LogP contribution in [-0.4, -0.2) is 67.7 Å². The molecule has 132 valence electrons. The third-order valence-electron chi connectivity index (χ3n) is 4.74. The number of anilines is 1. The van der Waals surface area contributed by atoms with Crippen molar-refractivity contribution in [3.05, 3.63) is 10.7 Å². The Labute approximate surface area is 151 Å². The van der Waals surface area contributed by atoms with E-state index in [0.29, 0.717) is 17.2 Å². The minimum atomic E-state index is 0.472. The summed E-state index contributed by atoms with van der Waals surface area (Å²) < 4.78 is 6.03. The van der Waals surface area contributed by atoms with Crippen LogP contribution in [-0.2, 0) is 0 Å². The molecule has 0 aromatic carbocycles. The Balaban J connectivity index is 1.56. The summed E-state index contributed by atoms with van der Waals surface area (Å²) in [6.07, 6.45) is 4.37. The number of guanidine groups is 1. The van der Waals surface area contributed by atoms with Crippen LogP contribution in [0.15, 0.2) is 15.7 Å². The van der Waals surface area contributed by atoms with Crippen LogP contribution in [0.5, 0.6) is 5.88 Å². The van der Waals surface area contributed by atoms with Crippen molar-refractivity contribution in [3.8, 4) is 5.88 Å². The van der Waals surface area contributed by atoms with Gasteiger partial charge < -0.3 is 19.9 Å². The zero-order valence-electron chi connectivity index (χ0n) is 14.5.